The van der Waals surface area contributed by atoms with Crippen molar-refractivity contribution in [2.75, 3.05) is 0 Å². The van der Waals surface area contributed by atoms with E-state index < -0.39 is 11.6 Å². The van der Waals surface area contributed by atoms with Crippen molar-refractivity contribution >= 4 is 5.97 Å². The minimum Gasteiger partial charge on any atom is -0.479 e. The number of aryl methyl sites for hydroxylation is 1. The van der Waals surface area contributed by atoms with E-state index >= 15 is 0 Å². The van der Waals surface area contributed by atoms with Gasteiger partial charge in [0.25, 0.3) is 0 Å². The highest BCUT2D eigenvalue weighted by atomic mass is 16.5. The van der Waals surface area contributed by atoms with Crippen molar-refractivity contribution in [2.24, 2.45) is 5.92 Å². The summed E-state index contributed by atoms with van der Waals surface area (Å²) in [5.74, 6) is -1.09. The predicted molar refractivity (Wildman–Crippen MR) is 45.5 cm³/mol. The average molecular weight is 197 g/mol. The van der Waals surface area contributed by atoms with Crippen LogP contribution in [0, 0.1) is 5.92 Å². The van der Waals surface area contributed by atoms with E-state index in [2.05, 4.69) is 5.16 Å². The SMILES string of the molecule is CC1CCc2oncc2C1(O)C(=O)O. The maximum Gasteiger partial charge on any atom is 0.340 e. The van der Waals surface area contributed by atoms with E-state index in [-0.39, 0.29) is 5.92 Å². The molecule has 14 heavy (non-hydrogen) atoms. The minimum absolute atomic E-state index is 0.295. The normalized spacial score (nSPS) is 31.1. The topological polar surface area (TPSA) is 83.6 Å². The van der Waals surface area contributed by atoms with Gasteiger partial charge in [-0.05, 0) is 6.42 Å². The molecule has 1 aromatic heterocycles. The van der Waals surface area contributed by atoms with Gasteiger partial charge in [-0.2, -0.15) is 0 Å². The highest BCUT2D eigenvalue weighted by Crippen LogP contribution is 2.39. The van der Waals surface area contributed by atoms with Gasteiger partial charge in [-0.3, -0.25) is 0 Å². The van der Waals surface area contributed by atoms with Gasteiger partial charge in [0, 0.05) is 12.3 Å². The van der Waals surface area contributed by atoms with E-state index in [4.69, 9.17) is 9.63 Å². The molecule has 0 saturated carbocycles. The van der Waals surface area contributed by atoms with Gasteiger partial charge in [0.2, 0.25) is 0 Å². The number of aromatic nitrogens is 1. The molecule has 0 saturated heterocycles. The molecule has 5 heteroatoms. The molecule has 0 aromatic carbocycles. The number of aliphatic carboxylic acids is 1. The zero-order valence-electron chi connectivity index (χ0n) is 7.73. The minimum atomic E-state index is -1.84. The monoisotopic (exact) mass is 197 g/mol. The van der Waals surface area contributed by atoms with Crippen LogP contribution < -0.4 is 0 Å². The lowest BCUT2D eigenvalue weighted by Gasteiger charge is -2.32. The first-order valence-electron chi connectivity index (χ1n) is 4.46. The number of rotatable bonds is 1. The number of hydrogen-bond acceptors (Lipinski definition) is 4. The summed E-state index contributed by atoms with van der Waals surface area (Å²) in [7, 11) is 0. The average Bonchev–Trinajstić information content (AvgIpc) is 2.59. The molecule has 0 spiro atoms. The van der Waals surface area contributed by atoms with E-state index in [0.29, 0.717) is 24.2 Å². The molecule has 0 bridgehead atoms. The molecule has 2 unspecified atom stereocenters. The summed E-state index contributed by atoms with van der Waals surface area (Å²) in [4.78, 5) is 11.0. The van der Waals surface area contributed by atoms with Crippen molar-refractivity contribution in [3.8, 4) is 0 Å². The fourth-order valence-corrected chi connectivity index (χ4v) is 1.90. The van der Waals surface area contributed by atoms with Gasteiger partial charge in [-0.1, -0.05) is 12.1 Å². The Morgan fingerprint density at radius 2 is 2.50 bits per heavy atom. The lowest BCUT2D eigenvalue weighted by molar-refractivity contribution is -0.167. The highest BCUT2D eigenvalue weighted by Gasteiger charge is 2.49. The molecule has 1 heterocycles. The molecule has 2 atom stereocenters. The molecule has 1 aliphatic rings. The van der Waals surface area contributed by atoms with Gasteiger partial charge in [0.1, 0.15) is 5.76 Å². The first kappa shape index (κ1) is 9.21. The summed E-state index contributed by atoms with van der Waals surface area (Å²) < 4.78 is 4.88. The lowest BCUT2D eigenvalue weighted by Crippen LogP contribution is -2.44. The molecule has 0 amide bonds. The van der Waals surface area contributed by atoms with Crippen molar-refractivity contribution in [3.63, 3.8) is 0 Å². The third kappa shape index (κ3) is 0.988. The number of carbonyl (C=O) groups is 1. The van der Waals surface area contributed by atoms with E-state index in [1.165, 1.54) is 6.20 Å². The maximum absolute atomic E-state index is 11.0. The summed E-state index contributed by atoms with van der Waals surface area (Å²) in [5.41, 5.74) is -1.54. The summed E-state index contributed by atoms with van der Waals surface area (Å²) in [5, 5.41) is 22.6. The second-order valence-corrected chi connectivity index (χ2v) is 3.67. The van der Waals surface area contributed by atoms with E-state index in [1.54, 1.807) is 6.92 Å². The smallest absolute Gasteiger partial charge is 0.340 e. The summed E-state index contributed by atoms with van der Waals surface area (Å²) >= 11 is 0. The number of carboxylic acid groups (broad SMARTS) is 1. The molecule has 2 rings (SSSR count). The van der Waals surface area contributed by atoms with Crippen LogP contribution in [0.5, 0.6) is 0 Å². The van der Waals surface area contributed by atoms with E-state index in [0.717, 1.165) is 0 Å². The number of carboxylic acids is 1. The second kappa shape index (κ2) is 2.81. The van der Waals surface area contributed by atoms with Crippen LogP contribution in [0.4, 0.5) is 0 Å². The Kier molecular flexibility index (Phi) is 1.85. The molecular weight excluding hydrogens is 186 g/mol. The number of fused-ring (bicyclic) bond motifs is 1. The Morgan fingerprint density at radius 1 is 1.79 bits per heavy atom. The number of nitrogens with zero attached hydrogens (tertiary/aromatic N) is 1. The Morgan fingerprint density at radius 3 is 3.14 bits per heavy atom. The van der Waals surface area contributed by atoms with Gasteiger partial charge in [0.05, 0.1) is 11.8 Å². The highest BCUT2D eigenvalue weighted by molar-refractivity contribution is 5.80. The standard InChI is InChI=1S/C9H11NO4/c1-5-2-3-7-6(4-10-14-7)9(5,13)8(11)12/h4-5,13H,2-3H2,1H3,(H,11,12). The van der Waals surface area contributed by atoms with Gasteiger partial charge in [-0.15, -0.1) is 0 Å². The third-order valence-electron chi connectivity index (χ3n) is 2.90. The number of aliphatic hydroxyl groups is 1. The van der Waals surface area contributed by atoms with Crippen LogP contribution in [0.2, 0.25) is 0 Å². The molecule has 0 fully saturated rings. The van der Waals surface area contributed by atoms with E-state index in [9.17, 15) is 9.90 Å². The predicted octanol–water partition coefficient (Wildman–Crippen LogP) is 0.529. The van der Waals surface area contributed by atoms with Crippen LogP contribution in [0.25, 0.3) is 0 Å². The number of hydrogen-bond donors (Lipinski definition) is 2. The Hall–Kier alpha value is -1.36. The van der Waals surface area contributed by atoms with Crippen LogP contribution in [0.3, 0.4) is 0 Å². The Bertz CT molecular complexity index is 373. The van der Waals surface area contributed by atoms with E-state index in [1.807, 2.05) is 0 Å². The second-order valence-electron chi connectivity index (χ2n) is 3.67. The maximum atomic E-state index is 11.0. The van der Waals surface area contributed by atoms with Crippen LogP contribution in [-0.2, 0) is 16.8 Å². The summed E-state index contributed by atoms with van der Waals surface area (Å²) in [6, 6.07) is 0. The summed E-state index contributed by atoms with van der Waals surface area (Å²) in [6.45, 7) is 1.71. The molecule has 5 nitrogen and oxygen atoms in total. The summed E-state index contributed by atoms with van der Waals surface area (Å²) in [6.07, 6.45) is 2.51. The zero-order valence-corrected chi connectivity index (χ0v) is 7.73. The van der Waals surface area contributed by atoms with Gasteiger partial charge < -0.3 is 14.7 Å². The lowest BCUT2D eigenvalue weighted by atomic mass is 9.75. The van der Waals surface area contributed by atoms with Crippen LogP contribution in [0.1, 0.15) is 24.7 Å². The molecule has 1 aliphatic carbocycles. The molecule has 2 N–H and O–H groups in total. The van der Waals surface area contributed by atoms with Gasteiger partial charge in [0.15, 0.2) is 5.60 Å². The molecule has 76 valence electrons. The first-order chi connectivity index (χ1) is 6.56. The van der Waals surface area contributed by atoms with Crippen molar-refractivity contribution < 1.29 is 19.5 Å². The van der Waals surface area contributed by atoms with Crippen molar-refractivity contribution in [1.82, 2.24) is 5.16 Å². The van der Waals surface area contributed by atoms with Gasteiger partial charge in [-0.25, -0.2) is 4.79 Å². The third-order valence-corrected chi connectivity index (χ3v) is 2.90. The van der Waals surface area contributed by atoms with Crippen LogP contribution in [0.15, 0.2) is 10.7 Å². The van der Waals surface area contributed by atoms with Gasteiger partial charge >= 0.3 is 5.97 Å². The molecule has 0 radical (unpaired) electrons. The zero-order chi connectivity index (χ0) is 10.3. The van der Waals surface area contributed by atoms with Crippen LogP contribution >= 0.6 is 0 Å². The molecule has 0 aliphatic heterocycles. The Balaban J connectivity index is 2.56. The van der Waals surface area contributed by atoms with Crippen molar-refractivity contribution in [3.05, 3.63) is 17.5 Å². The Labute approximate surface area is 80.3 Å². The van der Waals surface area contributed by atoms with Crippen molar-refractivity contribution in [1.29, 1.82) is 0 Å². The fourth-order valence-electron chi connectivity index (χ4n) is 1.90. The fraction of sp³-hybridized carbons (Fsp3) is 0.556. The molecule has 1 aromatic rings. The van der Waals surface area contributed by atoms with Crippen LogP contribution in [-0.4, -0.2) is 21.3 Å². The van der Waals surface area contributed by atoms with Crippen molar-refractivity contribution in [2.45, 2.75) is 25.4 Å². The molecular formula is C9H11NO4. The first-order valence-corrected chi connectivity index (χ1v) is 4.46. The quantitative estimate of drug-likeness (QED) is 0.686. The largest absolute Gasteiger partial charge is 0.479 e.